The van der Waals surface area contributed by atoms with Crippen LogP contribution < -0.4 is 9.47 Å². The normalized spacial score (nSPS) is 10.9. The standard InChI is InChI=1S/C27H21N3O4S/c1-32-24-13-12-18(14-25(24)33-2)22-15-20(19-10-6-7-11-21(19)28-22)26-29-30-27(34-26)35-16-23(31)17-8-4-3-5-9-17/h3-15H,16H2,1-2H3. The Hall–Kier alpha value is -4.17. The van der Waals surface area contributed by atoms with E-state index in [0.717, 1.165) is 27.7 Å². The summed E-state index contributed by atoms with van der Waals surface area (Å²) in [6.07, 6.45) is 0. The number of ketones is 1. The third-order valence-electron chi connectivity index (χ3n) is 5.45. The topological polar surface area (TPSA) is 87.3 Å². The number of thioether (sulfide) groups is 1. The van der Waals surface area contributed by atoms with Gasteiger partial charge in [-0.3, -0.25) is 4.79 Å². The molecule has 0 N–H and O–H groups in total. The number of aromatic nitrogens is 3. The first-order valence-electron chi connectivity index (χ1n) is 10.8. The summed E-state index contributed by atoms with van der Waals surface area (Å²) in [7, 11) is 3.20. The number of ether oxygens (including phenoxy) is 2. The number of hydrogen-bond donors (Lipinski definition) is 0. The van der Waals surface area contributed by atoms with Gasteiger partial charge < -0.3 is 13.9 Å². The largest absolute Gasteiger partial charge is 0.493 e. The molecule has 5 rings (SSSR count). The van der Waals surface area contributed by atoms with Gasteiger partial charge in [-0.1, -0.05) is 60.3 Å². The molecule has 0 aliphatic carbocycles. The summed E-state index contributed by atoms with van der Waals surface area (Å²) in [5.74, 6) is 1.82. The molecule has 8 heteroatoms. The molecule has 0 amide bonds. The number of fused-ring (bicyclic) bond motifs is 1. The highest BCUT2D eigenvalue weighted by Crippen LogP contribution is 2.36. The van der Waals surface area contributed by atoms with Gasteiger partial charge in [0.15, 0.2) is 17.3 Å². The molecule has 35 heavy (non-hydrogen) atoms. The molecular weight excluding hydrogens is 462 g/mol. The van der Waals surface area contributed by atoms with Gasteiger partial charge >= 0.3 is 0 Å². The fourth-order valence-corrected chi connectivity index (χ4v) is 4.37. The number of para-hydroxylation sites is 1. The van der Waals surface area contributed by atoms with E-state index in [2.05, 4.69) is 10.2 Å². The van der Waals surface area contributed by atoms with Crippen LogP contribution in [0.3, 0.4) is 0 Å². The Kier molecular flexibility index (Phi) is 6.45. The molecule has 0 unspecified atom stereocenters. The molecule has 0 saturated carbocycles. The number of pyridine rings is 1. The number of rotatable bonds is 8. The van der Waals surface area contributed by atoms with E-state index in [1.807, 2.05) is 66.7 Å². The zero-order valence-electron chi connectivity index (χ0n) is 19.1. The van der Waals surface area contributed by atoms with E-state index < -0.39 is 0 Å². The van der Waals surface area contributed by atoms with Crippen molar-refractivity contribution in [1.29, 1.82) is 0 Å². The van der Waals surface area contributed by atoms with Gasteiger partial charge in [0.05, 0.1) is 36.7 Å². The maximum absolute atomic E-state index is 12.4. The third-order valence-corrected chi connectivity index (χ3v) is 6.27. The summed E-state index contributed by atoms with van der Waals surface area (Å²) in [5.41, 5.74) is 3.79. The molecule has 5 aromatic rings. The van der Waals surface area contributed by atoms with E-state index >= 15 is 0 Å². The van der Waals surface area contributed by atoms with Crippen molar-refractivity contribution in [2.24, 2.45) is 0 Å². The van der Waals surface area contributed by atoms with Crippen molar-refractivity contribution >= 4 is 28.4 Å². The van der Waals surface area contributed by atoms with E-state index in [-0.39, 0.29) is 11.5 Å². The predicted octanol–water partition coefficient (Wildman–Crippen LogP) is 5.94. The van der Waals surface area contributed by atoms with E-state index in [1.54, 1.807) is 26.4 Å². The van der Waals surface area contributed by atoms with Crippen LogP contribution in [0.4, 0.5) is 0 Å². The highest BCUT2D eigenvalue weighted by Gasteiger charge is 2.17. The molecule has 2 heterocycles. The minimum atomic E-state index is 0.000417. The Bertz CT molecular complexity index is 1500. The number of carbonyl (C=O) groups is 1. The highest BCUT2D eigenvalue weighted by molar-refractivity contribution is 7.99. The molecule has 0 spiro atoms. The second kappa shape index (κ2) is 9.99. The molecule has 174 valence electrons. The molecule has 0 aliphatic rings. The van der Waals surface area contributed by atoms with Crippen molar-refractivity contribution in [3.63, 3.8) is 0 Å². The molecule has 0 radical (unpaired) electrons. The van der Waals surface area contributed by atoms with Gasteiger partial charge in [-0.15, -0.1) is 10.2 Å². The lowest BCUT2D eigenvalue weighted by Gasteiger charge is -2.11. The lowest BCUT2D eigenvalue weighted by molar-refractivity contribution is 0.102. The molecule has 0 atom stereocenters. The van der Waals surface area contributed by atoms with Crippen LogP contribution in [-0.2, 0) is 0 Å². The summed E-state index contributed by atoms with van der Waals surface area (Å²) in [6, 6.07) is 24.5. The molecule has 0 bridgehead atoms. The van der Waals surface area contributed by atoms with Crippen LogP contribution in [0.2, 0.25) is 0 Å². The molecule has 0 fully saturated rings. The number of nitrogens with zero attached hydrogens (tertiary/aromatic N) is 3. The maximum Gasteiger partial charge on any atom is 0.277 e. The average Bonchev–Trinajstić information content (AvgIpc) is 3.40. The lowest BCUT2D eigenvalue weighted by atomic mass is 10.0. The van der Waals surface area contributed by atoms with Crippen LogP contribution in [0.5, 0.6) is 11.5 Å². The maximum atomic E-state index is 12.4. The van der Waals surface area contributed by atoms with Gasteiger partial charge in [0.1, 0.15) is 0 Å². The molecule has 7 nitrogen and oxygen atoms in total. The summed E-state index contributed by atoms with van der Waals surface area (Å²) >= 11 is 1.22. The summed E-state index contributed by atoms with van der Waals surface area (Å²) in [4.78, 5) is 17.3. The van der Waals surface area contributed by atoms with Gasteiger partial charge in [0.2, 0.25) is 5.89 Å². The Balaban J connectivity index is 1.48. The van der Waals surface area contributed by atoms with Gasteiger partial charge in [-0.05, 0) is 30.3 Å². The molecule has 3 aromatic carbocycles. The van der Waals surface area contributed by atoms with E-state index in [0.29, 0.717) is 28.2 Å². The van der Waals surface area contributed by atoms with Crippen LogP contribution in [-0.4, -0.2) is 40.9 Å². The molecular formula is C27H21N3O4S. The van der Waals surface area contributed by atoms with Crippen LogP contribution >= 0.6 is 11.8 Å². The molecule has 0 saturated heterocycles. The fraction of sp³-hybridized carbons (Fsp3) is 0.111. The third kappa shape index (κ3) is 4.74. The SMILES string of the molecule is COc1ccc(-c2cc(-c3nnc(SCC(=O)c4ccccc4)o3)c3ccccc3n2)cc1OC. The first-order valence-corrected chi connectivity index (χ1v) is 11.8. The smallest absolute Gasteiger partial charge is 0.277 e. The number of carbonyl (C=O) groups excluding carboxylic acids is 1. The van der Waals surface area contributed by atoms with Gasteiger partial charge in [0.25, 0.3) is 5.22 Å². The second-order valence-electron chi connectivity index (χ2n) is 7.59. The number of methoxy groups -OCH3 is 2. The fourth-order valence-electron chi connectivity index (χ4n) is 3.71. The Morgan fingerprint density at radius 2 is 1.66 bits per heavy atom. The first-order chi connectivity index (χ1) is 17.2. The lowest BCUT2D eigenvalue weighted by Crippen LogP contribution is -2.01. The number of benzene rings is 3. The Morgan fingerprint density at radius 3 is 2.46 bits per heavy atom. The summed E-state index contributed by atoms with van der Waals surface area (Å²) < 4.78 is 16.8. The molecule has 2 aromatic heterocycles. The second-order valence-corrected chi connectivity index (χ2v) is 8.52. The van der Waals surface area contributed by atoms with Gasteiger partial charge in [-0.25, -0.2) is 4.98 Å². The Labute approximate surface area is 206 Å². The summed E-state index contributed by atoms with van der Waals surface area (Å²) in [5, 5.41) is 9.63. The van der Waals surface area contributed by atoms with Crippen molar-refractivity contribution in [3.8, 4) is 34.2 Å². The number of Topliss-reactive ketones (excluding diaryl/α,β-unsaturated/α-hetero) is 1. The van der Waals surface area contributed by atoms with Crippen molar-refractivity contribution in [1.82, 2.24) is 15.2 Å². The first kappa shape index (κ1) is 22.6. The Morgan fingerprint density at radius 1 is 0.886 bits per heavy atom. The van der Waals surface area contributed by atoms with Crippen molar-refractivity contribution in [2.75, 3.05) is 20.0 Å². The predicted molar refractivity (Wildman–Crippen MR) is 135 cm³/mol. The van der Waals surface area contributed by atoms with E-state index in [1.165, 1.54) is 11.8 Å². The highest BCUT2D eigenvalue weighted by atomic mass is 32.2. The molecule has 0 aliphatic heterocycles. The minimum absolute atomic E-state index is 0.000417. The van der Waals surface area contributed by atoms with Crippen molar-refractivity contribution in [2.45, 2.75) is 5.22 Å². The quantitative estimate of drug-likeness (QED) is 0.198. The zero-order valence-corrected chi connectivity index (χ0v) is 19.9. The van der Waals surface area contributed by atoms with Crippen LogP contribution in [0.25, 0.3) is 33.6 Å². The van der Waals surface area contributed by atoms with Crippen LogP contribution in [0.1, 0.15) is 10.4 Å². The average molecular weight is 484 g/mol. The number of hydrogen-bond acceptors (Lipinski definition) is 8. The minimum Gasteiger partial charge on any atom is -0.493 e. The van der Waals surface area contributed by atoms with E-state index in [4.69, 9.17) is 18.9 Å². The zero-order chi connectivity index (χ0) is 24.2. The van der Waals surface area contributed by atoms with Crippen molar-refractivity contribution < 1.29 is 18.7 Å². The van der Waals surface area contributed by atoms with Crippen molar-refractivity contribution in [3.05, 3.63) is 84.4 Å². The van der Waals surface area contributed by atoms with Gasteiger partial charge in [0, 0.05) is 16.5 Å². The monoisotopic (exact) mass is 483 g/mol. The summed E-state index contributed by atoms with van der Waals surface area (Å²) in [6.45, 7) is 0. The van der Waals surface area contributed by atoms with Crippen LogP contribution in [0, 0.1) is 0 Å². The van der Waals surface area contributed by atoms with Gasteiger partial charge in [-0.2, -0.15) is 0 Å². The van der Waals surface area contributed by atoms with Crippen LogP contribution in [0.15, 0.2) is 88.5 Å². The van der Waals surface area contributed by atoms with E-state index in [9.17, 15) is 4.79 Å².